The molecule has 0 amide bonds. The molecule has 1 aromatic heterocycles. The van der Waals surface area contributed by atoms with Crippen LogP contribution in [0.2, 0.25) is 0 Å². The molecule has 0 fully saturated rings. The molecule has 0 unspecified atom stereocenters. The second-order valence-corrected chi connectivity index (χ2v) is 15.0. The first-order valence-electron chi connectivity index (χ1n) is 18.4. The first-order valence-corrected chi connectivity index (χ1v) is 19.2. The van der Waals surface area contributed by atoms with Gasteiger partial charge in [-0.2, -0.15) is 5.26 Å². The van der Waals surface area contributed by atoms with E-state index in [1.54, 1.807) is 6.07 Å². The molecule has 0 atom stereocenters. The number of carboxylic acid groups (broad SMARTS) is 1. The van der Waals surface area contributed by atoms with Gasteiger partial charge in [-0.3, -0.25) is 0 Å². The first-order chi connectivity index (χ1) is 27.2. The van der Waals surface area contributed by atoms with Gasteiger partial charge in [0, 0.05) is 43.9 Å². The molecule has 7 rings (SSSR count). The van der Waals surface area contributed by atoms with E-state index in [4.69, 9.17) is 5.26 Å². The van der Waals surface area contributed by atoms with Crippen molar-refractivity contribution in [2.24, 2.45) is 0 Å². The topological polar surface area (TPSA) is 67.6 Å². The van der Waals surface area contributed by atoms with Crippen LogP contribution < -0.4 is 9.80 Å². The number of nitrogens with zero attached hydrogens (tertiary/aromatic N) is 3. The molecule has 0 aliphatic carbocycles. The summed E-state index contributed by atoms with van der Waals surface area (Å²) < 4.78 is 0. The average Bonchev–Trinajstić information content (AvgIpc) is 3.66. The summed E-state index contributed by atoms with van der Waals surface area (Å²) in [6.07, 6.45) is 5.44. The van der Waals surface area contributed by atoms with Crippen LogP contribution in [0, 0.1) is 39.0 Å². The number of carbonyl (C=O) groups is 1. The van der Waals surface area contributed by atoms with E-state index < -0.39 is 5.97 Å². The summed E-state index contributed by atoms with van der Waals surface area (Å²) in [6.45, 7) is 8.57. The smallest absolute Gasteiger partial charge is 0.346 e. The number of hydrogen-bond donors (Lipinski definition) is 1. The van der Waals surface area contributed by atoms with E-state index in [2.05, 4.69) is 177 Å². The summed E-state index contributed by atoms with van der Waals surface area (Å²) in [6, 6.07) is 55.2. The number of hydrogen-bond acceptors (Lipinski definition) is 5. The number of nitriles is 1. The Balaban J connectivity index is 1.15. The number of para-hydroxylation sites is 1. The monoisotopic (exact) mass is 747 g/mol. The lowest BCUT2D eigenvalue weighted by molar-refractivity contribution is -0.132. The Labute approximate surface area is 333 Å². The molecule has 1 N–H and O–H groups in total. The molecule has 0 spiro atoms. The number of carboxylic acids is 1. The van der Waals surface area contributed by atoms with Gasteiger partial charge in [0.1, 0.15) is 11.6 Å². The Hall–Kier alpha value is -6.94. The number of benzene rings is 6. The van der Waals surface area contributed by atoms with E-state index >= 15 is 0 Å². The average molecular weight is 748 g/mol. The van der Waals surface area contributed by atoms with Crippen molar-refractivity contribution < 1.29 is 9.90 Å². The summed E-state index contributed by atoms with van der Waals surface area (Å²) in [5, 5.41) is 18.3. The van der Waals surface area contributed by atoms with Gasteiger partial charge in [0.05, 0.1) is 0 Å². The van der Waals surface area contributed by atoms with Gasteiger partial charge in [0.2, 0.25) is 0 Å². The second-order valence-electron chi connectivity index (χ2n) is 13.8. The van der Waals surface area contributed by atoms with Crippen LogP contribution in [0.25, 0.3) is 29.4 Å². The molecule has 7 aromatic rings. The molecule has 0 saturated heterocycles. The van der Waals surface area contributed by atoms with Crippen LogP contribution in [0.15, 0.2) is 157 Å². The zero-order chi connectivity index (χ0) is 39.2. The third kappa shape index (κ3) is 8.39. The van der Waals surface area contributed by atoms with Crippen LogP contribution in [-0.2, 0) is 4.79 Å². The Kier molecular flexibility index (Phi) is 11.1. The van der Waals surface area contributed by atoms with Crippen molar-refractivity contribution in [3.63, 3.8) is 0 Å². The molecule has 0 radical (unpaired) electrons. The van der Waals surface area contributed by atoms with Crippen molar-refractivity contribution in [2.75, 3.05) is 9.80 Å². The third-order valence-electron chi connectivity index (χ3n) is 9.66. The van der Waals surface area contributed by atoms with Crippen LogP contribution in [0.4, 0.5) is 34.1 Å². The molecule has 0 saturated carbocycles. The van der Waals surface area contributed by atoms with E-state index in [-0.39, 0.29) is 5.57 Å². The molecule has 1 heterocycles. The molecule has 0 bridgehead atoms. The van der Waals surface area contributed by atoms with Crippen molar-refractivity contribution in [2.45, 2.75) is 27.7 Å². The lowest BCUT2D eigenvalue weighted by atomic mass is 10.0. The van der Waals surface area contributed by atoms with E-state index in [1.165, 1.54) is 39.7 Å². The fraction of sp³-hybridized carbons (Fsp3) is 0.0800. The minimum atomic E-state index is -1.23. The minimum absolute atomic E-state index is 0.283. The molecule has 6 heteroatoms. The number of anilines is 6. The summed E-state index contributed by atoms with van der Waals surface area (Å²) in [5.74, 6) is -1.23. The fourth-order valence-electron chi connectivity index (χ4n) is 6.88. The van der Waals surface area contributed by atoms with Crippen molar-refractivity contribution >= 4 is 69.7 Å². The zero-order valence-corrected chi connectivity index (χ0v) is 32.6. The summed E-state index contributed by atoms with van der Waals surface area (Å²) in [4.78, 5) is 17.5. The number of rotatable bonds is 11. The van der Waals surface area contributed by atoms with Gasteiger partial charge in [0.15, 0.2) is 0 Å². The van der Waals surface area contributed by atoms with Gasteiger partial charge in [0.25, 0.3) is 0 Å². The highest BCUT2D eigenvalue weighted by molar-refractivity contribution is 7.13. The fourth-order valence-corrected chi connectivity index (χ4v) is 7.74. The van der Waals surface area contributed by atoms with Crippen molar-refractivity contribution in [3.05, 3.63) is 195 Å². The maximum atomic E-state index is 11.2. The van der Waals surface area contributed by atoms with Crippen LogP contribution in [0.3, 0.4) is 0 Å². The number of aliphatic carboxylic acids is 1. The molecule has 5 nitrogen and oxygen atoms in total. The molecule has 0 aliphatic heterocycles. The van der Waals surface area contributed by atoms with E-state index in [1.807, 2.05) is 24.3 Å². The highest BCUT2D eigenvalue weighted by Crippen LogP contribution is 2.40. The normalized spacial score (nSPS) is 11.4. The van der Waals surface area contributed by atoms with Crippen LogP contribution in [0.1, 0.15) is 37.6 Å². The molecule has 6 aromatic carbocycles. The predicted octanol–water partition coefficient (Wildman–Crippen LogP) is 13.8. The Morgan fingerprint density at radius 3 is 1.50 bits per heavy atom. The first kappa shape index (κ1) is 37.4. The standard InChI is InChI=1S/C50H41N3O2S/c1-34-10-28-48(36(3)30-34)52(42-8-6-5-7-9-42)44-21-15-39(16-22-44)40-17-23-45(24-18-40)53(49-29-11-35(2)31-37(49)4)43-19-12-38(13-20-43)14-25-46-26-27-47(56-46)32-41(33-51)50(54)55/h5-32H,1-4H3,(H,54,55)/b25-14+,41-32+. The third-order valence-corrected chi connectivity index (χ3v) is 10.7. The summed E-state index contributed by atoms with van der Waals surface area (Å²) in [7, 11) is 0. The van der Waals surface area contributed by atoms with Gasteiger partial charge < -0.3 is 14.9 Å². The molecule has 274 valence electrons. The van der Waals surface area contributed by atoms with Crippen molar-refractivity contribution in [3.8, 4) is 17.2 Å². The summed E-state index contributed by atoms with van der Waals surface area (Å²) in [5.41, 5.74) is 14.5. The van der Waals surface area contributed by atoms with Crippen molar-refractivity contribution in [1.29, 1.82) is 5.26 Å². The lowest BCUT2D eigenvalue weighted by Crippen LogP contribution is -2.11. The van der Waals surface area contributed by atoms with Gasteiger partial charge in [-0.05, 0) is 140 Å². The number of aryl methyl sites for hydroxylation is 4. The number of thiophene rings is 1. The molecular formula is C50H41N3O2S. The van der Waals surface area contributed by atoms with Gasteiger partial charge in [-0.1, -0.05) is 96.1 Å². The van der Waals surface area contributed by atoms with E-state index in [0.717, 1.165) is 55.7 Å². The van der Waals surface area contributed by atoms with Crippen LogP contribution >= 0.6 is 11.3 Å². The predicted molar refractivity (Wildman–Crippen MR) is 235 cm³/mol. The van der Waals surface area contributed by atoms with E-state index in [0.29, 0.717) is 4.88 Å². The largest absolute Gasteiger partial charge is 0.477 e. The highest BCUT2D eigenvalue weighted by Gasteiger charge is 2.17. The van der Waals surface area contributed by atoms with Gasteiger partial charge in [-0.25, -0.2) is 4.79 Å². The minimum Gasteiger partial charge on any atom is -0.477 e. The highest BCUT2D eigenvalue weighted by atomic mass is 32.1. The van der Waals surface area contributed by atoms with Crippen LogP contribution in [0.5, 0.6) is 0 Å². The molecular weight excluding hydrogens is 707 g/mol. The van der Waals surface area contributed by atoms with Gasteiger partial charge in [-0.15, -0.1) is 11.3 Å². The maximum Gasteiger partial charge on any atom is 0.346 e. The SMILES string of the molecule is Cc1ccc(N(c2ccccc2)c2ccc(-c3ccc(N(c4ccc(/C=C/c5ccc(/C=C(\C#N)C(=O)O)s5)cc4)c4ccc(C)cc4C)cc3)cc2)c(C)c1. The second kappa shape index (κ2) is 16.6. The molecule has 56 heavy (non-hydrogen) atoms. The Morgan fingerprint density at radius 1 is 0.571 bits per heavy atom. The van der Waals surface area contributed by atoms with Gasteiger partial charge >= 0.3 is 5.97 Å². The van der Waals surface area contributed by atoms with Crippen LogP contribution in [-0.4, -0.2) is 11.1 Å². The summed E-state index contributed by atoms with van der Waals surface area (Å²) >= 11 is 1.43. The molecule has 0 aliphatic rings. The maximum absolute atomic E-state index is 11.2. The quantitative estimate of drug-likeness (QED) is 0.105. The zero-order valence-electron chi connectivity index (χ0n) is 31.8. The van der Waals surface area contributed by atoms with E-state index in [9.17, 15) is 9.90 Å². The lowest BCUT2D eigenvalue weighted by Gasteiger charge is -2.28. The Bertz CT molecular complexity index is 2600. The van der Waals surface area contributed by atoms with Crippen molar-refractivity contribution in [1.82, 2.24) is 0 Å². The Morgan fingerprint density at radius 2 is 1.04 bits per heavy atom.